The van der Waals surface area contributed by atoms with E-state index in [0.717, 1.165) is 24.0 Å². The van der Waals surface area contributed by atoms with E-state index in [2.05, 4.69) is 24.1 Å². The number of nitrogens with zero attached hydrogens (tertiary/aromatic N) is 1. The zero-order chi connectivity index (χ0) is 10.5. The van der Waals surface area contributed by atoms with Gasteiger partial charge in [-0.2, -0.15) is 0 Å². The van der Waals surface area contributed by atoms with Crippen LogP contribution in [0.3, 0.4) is 0 Å². The van der Waals surface area contributed by atoms with Gasteiger partial charge in [-0.05, 0) is 24.7 Å². The van der Waals surface area contributed by atoms with Gasteiger partial charge in [0.15, 0.2) is 6.39 Å². The van der Waals surface area contributed by atoms with Gasteiger partial charge < -0.3 is 9.73 Å². The fourth-order valence-corrected chi connectivity index (χ4v) is 2.14. The Hall–Kier alpha value is -0.830. The summed E-state index contributed by atoms with van der Waals surface area (Å²) in [7, 11) is 0. The molecule has 3 nitrogen and oxygen atoms in total. The number of aromatic nitrogens is 1. The molecule has 0 bridgehead atoms. The number of nitrogens with one attached hydrogen (secondary N) is 1. The highest BCUT2D eigenvalue weighted by atomic mass is 16.3. The van der Waals surface area contributed by atoms with E-state index in [-0.39, 0.29) is 0 Å². The van der Waals surface area contributed by atoms with Crippen LogP contribution in [0.25, 0.3) is 0 Å². The lowest BCUT2D eigenvalue weighted by Gasteiger charge is -2.03. The summed E-state index contributed by atoms with van der Waals surface area (Å²) in [5.74, 6) is 1.71. The molecule has 0 saturated heterocycles. The highest BCUT2D eigenvalue weighted by molar-refractivity contribution is 5.23. The first-order valence-electron chi connectivity index (χ1n) is 5.82. The monoisotopic (exact) mass is 206 g/mol. The molecule has 1 unspecified atom stereocenters. The molecule has 2 fully saturated rings. The van der Waals surface area contributed by atoms with Crippen molar-refractivity contribution in [1.82, 2.24) is 10.3 Å². The van der Waals surface area contributed by atoms with E-state index in [4.69, 9.17) is 4.42 Å². The Labute approximate surface area is 90.3 Å². The quantitative estimate of drug-likeness (QED) is 0.822. The molecule has 1 aromatic rings. The van der Waals surface area contributed by atoms with E-state index in [1.807, 2.05) is 0 Å². The van der Waals surface area contributed by atoms with Gasteiger partial charge in [-0.3, -0.25) is 0 Å². The second-order valence-electron chi connectivity index (χ2n) is 5.56. The molecule has 82 valence electrons. The second kappa shape index (κ2) is 3.08. The lowest BCUT2D eigenvalue weighted by atomic mass is 10.1. The van der Waals surface area contributed by atoms with Crippen molar-refractivity contribution in [2.75, 3.05) is 0 Å². The van der Waals surface area contributed by atoms with Crippen molar-refractivity contribution in [3.05, 3.63) is 17.8 Å². The summed E-state index contributed by atoms with van der Waals surface area (Å²) in [5.41, 5.74) is 1.55. The van der Waals surface area contributed by atoms with E-state index >= 15 is 0 Å². The molecule has 3 rings (SSSR count). The lowest BCUT2D eigenvalue weighted by molar-refractivity contribution is 0.472. The molecular formula is C12H18N2O. The molecular weight excluding hydrogens is 188 g/mol. The van der Waals surface area contributed by atoms with E-state index in [9.17, 15) is 0 Å². The molecule has 2 aliphatic carbocycles. The Bertz CT molecular complexity index is 365. The number of hydrogen-bond acceptors (Lipinski definition) is 3. The molecule has 1 N–H and O–H groups in total. The SMILES string of the molecule is CC1(C)CC1c1ocnc1CNC1CC1. The standard InChI is InChI=1S/C12H18N2O/c1-12(2)5-9(12)11-10(14-7-15-11)6-13-8-3-4-8/h7-9,13H,3-6H2,1-2H3. The van der Waals surface area contributed by atoms with Gasteiger partial charge in [-0.1, -0.05) is 13.8 Å². The van der Waals surface area contributed by atoms with Gasteiger partial charge in [0.25, 0.3) is 0 Å². The van der Waals surface area contributed by atoms with Gasteiger partial charge >= 0.3 is 0 Å². The van der Waals surface area contributed by atoms with E-state index in [1.165, 1.54) is 19.3 Å². The van der Waals surface area contributed by atoms with Crippen LogP contribution in [0.5, 0.6) is 0 Å². The molecule has 0 aromatic carbocycles. The van der Waals surface area contributed by atoms with Crippen LogP contribution in [0.15, 0.2) is 10.8 Å². The lowest BCUT2D eigenvalue weighted by Crippen LogP contribution is -2.16. The minimum Gasteiger partial charge on any atom is -0.448 e. The smallest absolute Gasteiger partial charge is 0.181 e. The maximum absolute atomic E-state index is 5.53. The summed E-state index contributed by atoms with van der Waals surface area (Å²) < 4.78 is 5.53. The minimum absolute atomic E-state index is 0.424. The third-order valence-corrected chi connectivity index (χ3v) is 3.64. The van der Waals surface area contributed by atoms with Crippen LogP contribution in [-0.2, 0) is 6.54 Å². The van der Waals surface area contributed by atoms with Crippen LogP contribution >= 0.6 is 0 Å². The van der Waals surface area contributed by atoms with Crippen molar-refractivity contribution >= 4 is 0 Å². The Balaban J connectivity index is 1.69. The summed E-state index contributed by atoms with van der Waals surface area (Å²) in [6, 6.07) is 0.738. The van der Waals surface area contributed by atoms with Gasteiger partial charge in [0.2, 0.25) is 0 Å². The molecule has 3 heteroatoms. The average molecular weight is 206 g/mol. The molecule has 2 aliphatic rings. The first-order valence-corrected chi connectivity index (χ1v) is 5.82. The maximum atomic E-state index is 5.53. The molecule has 15 heavy (non-hydrogen) atoms. The third-order valence-electron chi connectivity index (χ3n) is 3.64. The van der Waals surface area contributed by atoms with Crippen LogP contribution in [0.4, 0.5) is 0 Å². The van der Waals surface area contributed by atoms with E-state index < -0.39 is 0 Å². The Morgan fingerprint density at radius 3 is 2.87 bits per heavy atom. The number of hydrogen-bond donors (Lipinski definition) is 1. The predicted octanol–water partition coefficient (Wildman–Crippen LogP) is 2.44. The Kier molecular flexibility index (Phi) is 1.93. The highest BCUT2D eigenvalue weighted by Crippen LogP contribution is 2.59. The summed E-state index contributed by atoms with van der Waals surface area (Å²) in [4.78, 5) is 4.31. The van der Waals surface area contributed by atoms with Gasteiger partial charge in [0.1, 0.15) is 5.76 Å². The maximum Gasteiger partial charge on any atom is 0.181 e. The number of rotatable bonds is 4. The Morgan fingerprint density at radius 2 is 2.27 bits per heavy atom. The van der Waals surface area contributed by atoms with Crippen LogP contribution in [-0.4, -0.2) is 11.0 Å². The molecule has 1 heterocycles. The normalized spacial score (nSPS) is 28.0. The zero-order valence-corrected chi connectivity index (χ0v) is 9.42. The zero-order valence-electron chi connectivity index (χ0n) is 9.42. The van der Waals surface area contributed by atoms with Gasteiger partial charge in [-0.25, -0.2) is 4.98 Å². The van der Waals surface area contributed by atoms with Crippen molar-refractivity contribution in [1.29, 1.82) is 0 Å². The van der Waals surface area contributed by atoms with Crippen molar-refractivity contribution in [3.8, 4) is 0 Å². The van der Waals surface area contributed by atoms with Crippen molar-refractivity contribution in [2.24, 2.45) is 5.41 Å². The van der Waals surface area contributed by atoms with E-state index in [1.54, 1.807) is 6.39 Å². The largest absolute Gasteiger partial charge is 0.448 e. The fraction of sp³-hybridized carbons (Fsp3) is 0.750. The van der Waals surface area contributed by atoms with Crippen molar-refractivity contribution < 1.29 is 4.42 Å². The minimum atomic E-state index is 0.424. The Morgan fingerprint density at radius 1 is 1.53 bits per heavy atom. The summed E-state index contributed by atoms with van der Waals surface area (Å²) in [6.45, 7) is 5.46. The van der Waals surface area contributed by atoms with Gasteiger partial charge in [0, 0.05) is 18.5 Å². The summed E-state index contributed by atoms with van der Waals surface area (Å²) >= 11 is 0. The average Bonchev–Trinajstić information content (AvgIpc) is 3.05. The molecule has 0 amide bonds. The highest BCUT2D eigenvalue weighted by Gasteiger charge is 2.49. The molecule has 0 aliphatic heterocycles. The van der Waals surface area contributed by atoms with E-state index in [0.29, 0.717) is 11.3 Å². The van der Waals surface area contributed by atoms with Gasteiger partial charge in [-0.15, -0.1) is 0 Å². The van der Waals surface area contributed by atoms with Crippen molar-refractivity contribution in [3.63, 3.8) is 0 Å². The first-order chi connectivity index (χ1) is 7.17. The number of oxazole rings is 1. The molecule has 1 aromatic heterocycles. The third kappa shape index (κ3) is 1.81. The molecule has 0 spiro atoms. The van der Waals surface area contributed by atoms with Crippen LogP contribution in [0, 0.1) is 5.41 Å². The van der Waals surface area contributed by atoms with Crippen LogP contribution in [0.1, 0.15) is 50.5 Å². The topological polar surface area (TPSA) is 38.1 Å². The van der Waals surface area contributed by atoms with Crippen molar-refractivity contribution in [2.45, 2.75) is 51.6 Å². The van der Waals surface area contributed by atoms with Crippen LogP contribution in [0.2, 0.25) is 0 Å². The second-order valence-corrected chi connectivity index (χ2v) is 5.56. The summed E-state index contributed by atoms with van der Waals surface area (Å²) in [5, 5.41) is 3.49. The summed E-state index contributed by atoms with van der Waals surface area (Å²) in [6.07, 6.45) is 5.47. The first kappa shape index (κ1) is 9.40. The fourth-order valence-electron chi connectivity index (χ4n) is 2.14. The van der Waals surface area contributed by atoms with Gasteiger partial charge in [0.05, 0.1) is 5.69 Å². The van der Waals surface area contributed by atoms with Crippen LogP contribution < -0.4 is 5.32 Å². The molecule has 2 saturated carbocycles. The molecule has 1 atom stereocenters. The molecule has 0 radical (unpaired) electrons. The predicted molar refractivity (Wildman–Crippen MR) is 57.5 cm³/mol.